The Morgan fingerprint density at radius 3 is 2.76 bits per heavy atom. The Morgan fingerprint density at radius 1 is 1.32 bits per heavy atom. The van der Waals surface area contributed by atoms with Gasteiger partial charge in [-0.25, -0.2) is 4.68 Å². The third-order valence-corrected chi connectivity index (χ3v) is 5.12. The van der Waals surface area contributed by atoms with Crippen LogP contribution in [0, 0.1) is 5.92 Å². The minimum atomic E-state index is -0.141. The number of hydrogen-bond acceptors (Lipinski definition) is 4. The average Bonchev–Trinajstić information content (AvgIpc) is 3.04. The lowest BCUT2D eigenvalue weighted by atomic mass is 9.77. The number of hydrogen-bond donors (Lipinski definition) is 1. The third kappa shape index (κ3) is 3.21. The van der Waals surface area contributed by atoms with E-state index in [0.29, 0.717) is 24.1 Å². The van der Waals surface area contributed by atoms with E-state index in [4.69, 9.17) is 9.47 Å². The molecule has 4 rings (SSSR count). The van der Waals surface area contributed by atoms with E-state index in [1.54, 1.807) is 17.9 Å². The van der Waals surface area contributed by atoms with Crippen LogP contribution in [0.4, 0.5) is 0 Å². The average molecular weight is 341 g/mol. The van der Waals surface area contributed by atoms with Gasteiger partial charge in [0.25, 0.3) is 5.91 Å². The molecule has 1 atom stereocenters. The molecular formula is C19H23N3O3. The standard InChI is InChI=1S/C19H23N3O3/c1-24-15-8-6-14(7-9-15)18(13-4-2-5-13)20-19(23)16-12-17-22(21-16)10-3-11-25-17/h6-9,12-13,18H,2-5,10-11H2,1H3,(H,20,23). The van der Waals surface area contributed by atoms with Crippen molar-refractivity contribution in [3.05, 3.63) is 41.6 Å². The summed E-state index contributed by atoms with van der Waals surface area (Å²) in [6, 6.07) is 9.69. The summed E-state index contributed by atoms with van der Waals surface area (Å²) in [5.74, 6) is 1.84. The van der Waals surface area contributed by atoms with Gasteiger partial charge in [-0.1, -0.05) is 18.6 Å². The molecule has 132 valence electrons. The summed E-state index contributed by atoms with van der Waals surface area (Å²) in [5.41, 5.74) is 1.54. The van der Waals surface area contributed by atoms with Crippen LogP contribution in [-0.4, -0.2) is 29.4 Å². The summed E-state index contributed by atoms with van der Waals surface area (Å²) in [7, 11) is 1.66. The molecule has 6 nitrogen and oxygen atoms in total. The summed E-state index contributed by atoms with van der Waals surface area (Å²) in [6.45, 7) is 1.48. The molecule has 25 heavy (non-hydrogen) atoms. The third-order valence-electron chi connectivity index (χ3n) is 5.12. The van der Waals surface area contributed by atoms with Gasteiger partial charge >= 0.3 is 0 Å². The fourth-order valence-electron chi connectivity index (χ4n) is 3.45. The lowest BCUT2D eigenvalue weighted by molar-refractivity contribution is 0.0894. The van der Waals surface area contributed by atoms with E-state index in [2.05, 4.69) is 10.4 Å². The predicted molar refractivity (Wildman–Crippen MR) is 92.9 cm³/mol. The summed E-state index contributed by atoms with van der Waals surface area (Å²) >= 11 is 0. The highest BCUT2D eigenvalue weighted by Gasteiger charge is 2.31. The molecule has 1 aromatic heterocycles. The Bertz CT molecular complexity index is 726. The normalized spacial score (nSPS) is 17.8. The van der Waals surface area contributed by atoms with Gasteiger partial charge in [0.2, 0.25) is 5.88 Å². The maximum Gasteiger partial charge on any atom is 0.272 e. The van der Waals surface area contributed by atoms with Crippen LogP contribution < -0.4 is 14.8 Å². The van der Waals surface area contributed by atoms with Crippen molar-refractivity contribution in [1.29, 1.82) is 0 Å². The van der Waals surface area contributed by atoms with Crippen LogP contribution in [0.5, 0.6) is 11.6 Å². The fraction of sp³-hybridized carbons (Fsp3) is 0.474. The van der Waals surface area contributed by atoms with E-state index in [-0.39, 0.29) is 11.9 Å². The highest BCUT2D eigenvalue weighted by Crippen LogP contribution is 2.38. The van der Waals surface area contributed by atoms with Crippen LogP contribution >= 0.6 is 0 Å². The molecule has 1 amide bonds. The molecule has 1 N–H and O–H groups in total. The Kier molecular flexibility index (Phi) is 4.34. The molecule has 1 aromatic carbocycles. The first kappa shape index (κ1) is 16.0. The van der Waals surface area contributed by atoms with Crippen molar-refractivity contribution in [3.8, 4) is 11.6 Å². The van der Waals surface area contributed by atoms with Gasteiger partial charge in [-0.2, -0.15) is 5.10 Å². The smallest absolute Gasteiger partial charge is 0.272 e. The van der Waals surface area contributed by atoms with Crippen molar-refractivity contribution in [2.45, 2.75) is 38.3 Å². The lowest BCUT2D eigenvalue weighted by Crippen LogP contribution is -2.36. The summed E-state index contributed by atoms with van der Waals surface area (Å²) in [4.78, 5) is 12.7. The van der Waals surface area contributed by atoms with Crippen LogP contribution in [0.3, 0.4) is 0 Å². The Balaban J connectivity index is 1.53. The van der Waals surface area contributed by atoms with Crippen molar-refractivity contribution in [1.82, 2.24) is 15.1 Å². The Morgan fingerprint density at radius 2 is 2.12 bits per heavy atom. The number of nitrogens with one attached hydrogen (secondary N) is 1. The van der Waals surface area contributed by atoms with Crippen molar-refractivity contribution in [3.63, 3.8) is 0 Å². The molecule has 0 bridgehead atoms. The van der Waals surface area contributed by atoms with Crippen LogP contribution in [0.2, 0.25) is 0 Å². The zero-order valence-corrected chi connectivity index (χ0v) is 14.4. The quantitative estimate of drug-likeness (QED) is 0.908. The van der Waals surface area contributed by atoms with Crippen LogP contribution in [0.25, 0.3) is 0 Å². The topological polar surface area (TPSA) is 65.4 Å². The zero-order valence-electron chi connectivity index (χ0n) is 14.4. The zero-order chi connectivity index (χ0) is 17.2. The number of carbonyl (C=O) groups is 1. The molecule has 2 aliphatic rings. The van der Waals surface area contributed by atoms with Gasteiger partial charge in [-0.15, -0.1) is 0 Å². The number of carbonyl (C=O) groups excluding carboxylic acids is 1. The SMILES string of the molecule is COc1ccc(C(NC(=O)c2cc3n(n2)CCCO3)C2CCC2)cc1. The first-order valence-electron chi connectivity index (χ1n) is 8.90. The molecule has 1 aliphatic carbocycles. The van der Waals surface area contributed by atoms with E-state index >= 15 is 0 Å². The summed E-state index contributed by atoms with van der Waals surface area (Å²) in [5, 5.41) is 7.57. The van der Waals surface area contributed by atoms with E-state index in [9.17, 15) is 4.79 Å². The van der Waals surface area contributed by atoms with E-state index in [1.807, 2.05) is 24.3 Å². The number of aromatic nitrogens is 2. The van der Waals surface area contributed by atoms with Crippen LogP contribution in [0.1, 0.15) is 47.8 Å². The van der Waals surface area contributed by atoms with E-state index in [1.165, 1.54) is 6.42 Å². The number of aryl methyl sites for hydroxylation is 1. The fourth-order valence-corrected chi connectivity index (χ4v) is 3.45. The second-order valence-corrected chi connectivity index (χ2v) is 6.71. The van der Waals surface area contributed by atoms with Gasteiger partial charge in [-0.05, 0) is 36.5 Å². The van der Waals surface area contributed by atoms with Crippen molar-refractivity contribution in [2.24, 2.45) is 5.92 Å². The molecule has 0 radical (unpaired) electrons. The number of amides is 1. The second-order valence-electron chi connectivity index (χ2n) is 6.71. The minimum Gasteiger partial charge on any atom is -0.497 e. The first-order chi connectivity index (χ1) is 12.2. The number of ether oxygens (including phenoxy) is 2. The molecule has 2 heterocycles. The van der Waals surface area contributed by atoms with Crippen molar-refractivity contribution < 1.29 is 14.3 Å². The number of methoxy groups -OCH3 is 1. The largest absolute Gasteiger partial charge is 0.497 e. The Labute approximate surface area is 147 Å². The molecular weight excluding hydrogens is 318 g/mol. The molecule has 1 fully saturated rings. The highest BCUT2D eigenvalue weighted by molar-refractivity contribution is 5.92. The highest BCUT2D eigenvalue weighted by atomic mass is 16.5. The van der Waals surface area contributed by atoms with Crippen molar-refractivity contribution in [2.75, 3.05) is 13.7 Å². The number of rotatable bonds is 5. The number of nitrogens with zero attached hydrogens (tertiary/aromatic N) is 2. The molecule has 2 aromatic rings. The monoisotopic (exact) mass is 341 g/mol. The number of fused-ring (bicyclic) bond motifs is 1. The maximum absolute atomic E-state index is 12.7. The lowest BCUT2D eigenvalue weighted by Gasteiger charge is -2.34. The molecule has 0 saturated heterocycles. The van der Waals surface area contributed by atoms with Gasteiger partial charge in [0.15, 0.2) is 5.69 Å². The second kappa shape index (κ2) is 6.78. The van der Waals surface area contributed by atoms with Crippen molar-refractivity contribution >= 4 is 5.91 Å². The van der Waals surface area contributed by atoms with Gasteiger partial charge in [0, 0.05) is 19.0 Å². The summed E-state index contributed by atoms with van der Waals surface area (Å²) in [6.07, 6.45) is 4.42. The van der Waals surface area contributed by atoms with Gasteiger partial charge in [0.1, 0.15) is 5.75 Å². The van der Waals surface area contributed by atoms with E-state index < -0.39 is 0 Å². The van der Waals surface area contributed by atoms with E-state index in [0.717, 1.165) is 37.1 Å². The predicted octanol–water partition coefficient (Wildman–Crippen LogP) is 2.95. The van der Waals surface area contributed by atoms with Crippen LogP contribution in [0.15, 0.2) is 30.3 Å². The Hall–Kier alpha value is -2.50. The van der Waals surface area contributed by atoms with Crippen LogP contribution in [-0.2, 0) is 6.54 Å². The van der Waals surface area contributed by atoms with Gasteiger partial charge in [0.05, 0.1) is 19.8 Å². The van der Waals surface area contributed by atoms with Gasteiger partial charge < -0.3 is 14.8 Å². The van der Waals surface area contributed by atoms with Gasteiger partial charge in [-0.3, -0.25) is 4.79 Å². The molecule has 1 aliphatic heterocycles. The number of benzene rings is 1. The molecule has 1 unspecified atom stereocenters. The molecule has 1 saturated carbocycles. The molecule has 0 spiro atoms. The summed E-state index contributed by atoms with van der Waals surface area (Å²) < 4.78 is 12.6. The minimum absolute atomic E-state index is 0.00630. The maximum atomic E-state index is 12.7. The molecule has 6 heteroatoms. The first-order valence-corrected chi connectivity index (χ1v) is 8.90.